The predicted molar refractivity (Wildman–Crippen MR) is 108 cm³/mol. The number of rotatable bonds is 9. The second-order valence-corrected chi connectivity index (χ2v) is 7.62. The summed E-state index contributed by atoms with van der Waals surface area (Å²) in [5.41, 5.74) is 2.19. The molecular weight excluding hydrogens is 402 g/mol. The van der Waals surface area contributed by atoms with Crippen molar-refractivity contribution in [3.63, 3.8) is 0 Å². The second kappa shape index (κ2) is 9.21. The number of sulfonamides is 1. The van der Waals surface area contributed by atoms with Gasteiger partial charge in [-0.05, 0) is 12.1 Å². The molecule has 0 saturated heterocycles. The number of hydrogen-bond donors (Lipinski definition) is 1. The lowest BCUT2D eigenvalue weighted by Gasteiger charge is -2.20. The second-order valence-electron chi connectivity index (χ2n) is 5.71. The number of hydrazone groups is 1. The highest BCUT2D eigenvalue weighted by Gasteiger charge is 2.27. The number of nitro groups is 2. The van der Waals surface area contributed by atoms with Gasteiger partial charge in [0.15, 0.2) is 0 Å². The van der Waals surface area contributed by atoms with Crippen molar-refractivity contribution >= 4 is 33.3 Å². The molecule has 2 rings (SSSR count). The zero-order valence-electron chi connectivity index (χ0n) is 15.7. The summed E-state index contributed by atoms with van der Waals surface area (Å²) in [4.78, 5) is 20.6. The molecule has 0 radical (unpaired) electrons. The van der Waals surface area contributed by atoms with Gasteiger partial charge in [-0.2, -0.15) is 9.41 Å². The summed E-state index contributed by atoms with van der Waals surface area (Å²) in [6.45, 7) is 3.66. The Morgan fingerprint density at radius 1 is 1.07 bits per heavy atom. The van der Waals surface area contributed by atoms with E-state index in [4.69, 9.17) is 0 Å². The summed E-state index contributed by atoms with van der Waals surface area (Å²) >= 11 is 0. The van der Waals surface area contributed by atoms with Crippen LogP contribution in [0.25, 0.3) is 0 Å². The Balaban J connectivity index is 2.46. The average molecular weight is 421 g/mol. The van der Waals surface area contributed by atoms with Gasteiger partial charge in [-0.1, -0.05) is 26.0 Å². The van der Waals surface area contributed by atoms with Crippen molar-refractivity contribution in [2.75, 3.05) is 18.5 Å². The molecule has 0 spiro atoms. The molecule has 0 aliphatic rings. The maximum atomic E-state index is 12.9. The van der Waals surface area contributed by atoms with Crippen LogP contribution >= 0.6 is 0 Å². The SMILES string of the molecule is CCN(CC)S(=O)(=O)c1cc([N+](=O)[O-])ccc1N/N=C\c1ccccc1[N+](=O)[O-]. The molecule has 0 saturated carbocycles. The number of nitro benzene ring substituents is 2. The first-order valence-electron chi connectivity index (χ1n) is 8.53. The van der Waals surface area contributed by atoms with Gasteiger partial charge in [0, 0.05) is 31.3 Å². The van der Waals surface area contributed by atoms with E-state index in [1.165, 1.54) is 30.5 Å². The van der Waals surface area contributed by atoms with Crippen LogP contribution in [-0.4, -0.2) is 41.9 Å². The quantitative estimate of drug-likeness (QED) is 0.372. The van der Waals surface area contributed by atoms with Crippen molar-refractivity contribution in [2.45, 2.75) is 18.7 Å². The van der Waals surface area contributed by atoms with Crippen LogP contribution < -0.4 is 5.43 Å². The van der Waals surface area contributed by atoms with Crippen LogP contribution in [0.4, 0.5) is 17.1 Å². The van der Waals surface area contributed by atoms with E-state index in [-0.39, 0.29) is 40.6 Å². The van der Waals surface area contributed by atoms with Gasteiger partial charge in [0.1, 0.15) is 4.90 Å². The van der Waals surface area contributed by atoms with Crippen molar-refractivity contribution in [3.05, 3.63) is 68.3 Å². The smallest absolute Gasteiger partial charge is 0.277 e. The van der Waals surface area contributed by atoms with Crippen molar-refractivity contribution in [1.82, 2.24) is 4.31 Å². The maximum Gasteiger partial charge on any atom is 0.278 e. The highest BCUT2D eigenvalue weighted by molar-refractivity contribution is 7.89. The van der Waals surface area contributed by atoms with Gasteiger partial charge in [-0.15, -0.1) is 0 Å². The van der Waals surface area contributed by atoms with E-state index in [1.54, 1.807) is 19.9 Å². The van der Waals surface area contributed by atoms with Gasteiger partial charge >= 0.3 is 0 Å². The van der Waals surface area contributed by atoms with Gasteiger partial charge in [0.2, 0.25) is 10.0 Å². The minimum absolute atomic E-state index is 0.0114. The fourth-order valence-corrected chi connectivity index (χ4v) is 4.19. The first-order valence-corrected chi connectivity index (χ1v) is 9.97. The molecule has 0 amide bonds. The Labute approximate surface area is 167 Å². The Bertz CT molecular complexity index is 1050. The number of nitrogens with one attached hydrogen (secondary N) is 1. The minimum atomic E-state index is -4.02. The number of para-hydroxylation sites is 1. The normalized spacial score (nSPS) is 11.7. The molecule has 0 heterocycles. The largest absolute Gasteiger partial charge is 0.278 e. The third-order valence-corrected chi connectivity index (χ3v) is 6.11. The topological polar surface area (TPSA) is 148 Å². The maximum absolute atomic E-state index is 12.9. The highest BCUT2D eigenvalue weighted by Crippen LogP contribution is 2.29. The van der Waals surface area contributed by atoms with E-state index in [0.29, 0.717) is 0 Å². The Morgan fingerprint density at radius 3 is 2.31 bits per heavy atom. The number of benzene rings is 2. The molecule has 0 aliphatic heterocycles. The first-order chi connectivity index (χ1) is 13.7. The summed E-state index contributed by atoms with van der Waals surface area (Å²) in [6, 6.07) is 9.21. The zero-order chi connectivity index (χ0) is 21.6. The summed E-state index contributed by atoms with van der Waals surface area (Å²) in [6.07, 6.45) is 1.17. The molecule has 0 aromatic heterocycles. The van der Waals surface area contributed by atoms with Gasteiger partial charge in [0.05, 0.1) is 27.3 Å². The van der Waals surface area contributed by atoms with E-state index >= 15 is 0 Å². The molecule has 0 fully saturated rings. The van der Waals surface area contributed by atoms with Crippen molar-refractivity contribution < 1.29 is 18.3 Å². The van der Waals surface area contributed by atoms with Crippen LogP contribution in [-0.2, 0) is 10.0 Å². The van der Waals surface area contributed by atoms with Gasteiger partial charge in [-0.25, -0.2) is 8.42 Å². The molecule has 0 atom stereocenters. The van der Waals surface area contributed by atoms with Crippen LogP contribution in [0.3, 0.4) is 0 Å². The van der Waals surface area contributed by atoms with Crippen molar-refractivity contribution in [1.29, 1.82) is 0 Å². The average Bonchev–Trinajstić information content (AvgIpc) is 2.68. The van der Waals surface area contributed by atoms with E-state index < -0.39 is 19.9 Å². The highest BCUT2D eigenvalue weighted by atomic mass is 32.2. The lowest BCUT2D eigenvalue weighted by Crippen LogP contribution is -2.31. The molecule has 2 aromatic rings. The van der Waals surface area contributed by atoms with Crippen LogP contribution in [0.2, 0.25) is 0 Å². The number of non-ortho nitro benzene ring substituents is 1. The van der Waals surface area contributed by atoms with E-state index in [1.807, 2.05) is 0 Å². The lowest BCUT2D eigenvalue weighted by atomic mass is 10.2. The van der Waals surface area contributed by atoms with Crippen LogP contribution in [0, 0.1) is 20.2 Å². The van der Waals surface area contributed by atoms with Crippen LogP contribution in [0.5, 0.6) is 0 Å². The van der Waals surface area contributed by atoms with Crippen molar-refractivity contribution in [3.8, 4) is 0 Å². The van der Waals surface area contributed by atoms with Crippen LogP contribution in [0.15, 0.2) is 52.5 Å². The molecule has 0 unspecified atom stereocenters. The molecule has 154 valence electrons. The molecule has 12 heteroatoms. The Hall–Kier alpha value is -3.38. The fraction of sp³-hybridized carbons (Fsp3) is 0.235. The zero-order valence-corrected chi connectivity index (χ0v) is 16.5. The van der Waals surface area contributed by atoms with Gasteiger partial charge in [0.25, 0.3) is 11.4 Å². The monoisotopic (exact) mass is 421 g/mol. The van der Waals surface area contributed by atoms with E-state index in [9.17, 15) is 28.6 Å². The number of hydrogen-bond acceptors (Lipinski definition) is 8. The van der Waals surface area contributed by atoms with Gasteiger partial charge in [-0.3, -0.25) is 25.7 Å². The summed E-state index contributed by atoms with van der Waals surface area (Å²) in [5.74, 6) is 0. The Morgan fingerprint density at radius 2 is 1.72 bits per heavy atom. The van der Waals surface area contributed by atoms with Gasteiger partial charge < -0.3 is 0 Å². The lowest BCUT2D eigenvalue weighted by molar-refractivity contribution is -0.385. The molecule has 0 aliphatic carbocycles. The predicted octanol–water partition coefficient (Wildman–Crippen LogP) is 2.98. The molecule has 11 nitrogen and oxygen atoms in total. The number of nitrogens with zero attached hydrogens (tertiary/aromatic N) is 4. The summed E-state index contributed by atoms with van der Waals surface area (Å²) < 4.78 is 26.9. The van der Waals surface area contributed by atoms with E-state index in [0.717, 1.165) is 16.4 Å². The standard InChI is InChI=1S/C17H19N5O6S/c1-3-20(4-2)29(27,28)17-11-14(21(23)24)9-10-15(17)19-18-12-13-7-5-6-8-16(13)22(25)26/h5-12,19H,3-4H2,1-2H3/b18-12-. The summed E-state index contributed by atoms with van der Waals surface area (Å²) in [5, 5.41) is 26.0. The third-order valence-electron chi connectivity index (χ3n) is 4.02. The van der Waals surface area contributed by atoms with Crippen molar-refractivity contribution in [2.24, 2.45) is 5.10 Å². The fourth-order valence-electron chi connectivity index (χ4n) is 2.57. The van der Waals surface area contributed by atoms with Crippen LogP contribution in [0.1, 0.15) is 19.4 Å². The molecular formula is C17H19N5O6S. The summed E-state index contributed by atoms with van der Waals surface area (Å²) in [7, 11) is -4.02. The molecule has 29 heavy (non-hydrogen) atoms. The molecule has 0 bridgehead atoms. The molecule has 1 N–H and O–H groups in total. The molecule has 2 aromatic carbocycles. The third kappa shape index (κ3) is 4.92. The minimum Gasteiger partial charge on any atom is -0.277 e. The Kier molecular flexibility index (Phi) is 6.96. The van der Waals surface area contributed by atoms with E-state index in [2.05, 4.69) is 10.5 Å². The number of anilines is 1. The first kappa shape index (κ1) is 21.9.